The molecule has 1 aromatic heterocycles. The number of nitro groups is 1. The molecule has 2 rings (SSSR count). The summed E-state index contributed by atoms with van der Waals surface area (Å²) >= 11 is 0. The molecule has 0 spiro atoms. The Labute approximate surface area is 151 Å². The van der Waals surface area contributed by atoms with Gasteiger partial charge in [-0.2, -0.15) is 0 Å². The van der Waals surface area contributed by atoms with Crippen LogP contribution in [-0.2, 0) is 11.3 Å². The van der Waals surface area contributed by atoms with Gasteiger partial charge in [-0.05, 0) is 51.8 Å². The summed E-state index contributed by atoms with van der Waals surface area (Å²) < 4.78 is 10.6. The Bertz CT molecular complexity index is 816. The topological polar surface area (TPSA) is 98.7 Å². The third-order valence-electron chi connectivity index (χ3n) is 3.72. The van der Waals surface area contributed by atoms with E-state index in [-0.39, 0.29) is 12.2 Å². The maximum absolute atomic E-state index is 12.3. The lowest BCUT2D eigenvalue weighted by molar-refractivity contribution is -0.384. The van der Waals surface area contributed by atoms with Crippen molar-refractivity contribution in [2.75, 3.05) is 7.05 Å². The van der Waals surface area contributed by atoms with Crippen LogP contribution >= 0.6 is 0 Å². The van der Waals surface area contributed by atoms with Crippen LogP contribution in [0.5, 0.6) is 0 Å². The lowest BCUT2D eigenvalue weighted by atomic mass is 9.97. The van der Waals surface area contributed by atoms with Crippen LogP contribution in [0.2, 0.25) is 0 Å². The number of aryl methyl sites for hydroxylation is 2. The molecule has 0 radical (unpaired) electrons. The molecular weight excluding hydrogens is 338 g/mol. The third-order valence-corrected chi connectivity index (χ3v) is 3.72. The van der Waals surface area contributed by atoms with Gasteiger partial charge < -0.3 is 14.2 Å². The highest BCUT2D eigenvalue weighted by Crippen LogP contribution is 2.33. The quantitative estimate of drug-likeness (QED) is 0.597. The second kappa shape index (κ2) is 7.15. The first-order valence-corrected chi connectivity index (χ1v) is 8.14. The number of rotatable bonds is 4. The second-order valence-corrected chi connectivity index (χ2v) is 7.13. The Hall–Kier alpha value is -2.90. The lowest BCUT2D eigenvalue weighted by Crippen LogP contribution is -2.33. The van der Waals surface area contributed by atoms with Crippen molar-refractivity contribution >= 4 is 11.8 Å². The molecule has 8 heteroatoms. The van der Waals surface area contributed by atoms with Gasteiger partial charge in [-0.1, -0.05) is 5.16 Å². The SMILES string of the molecule is Cc1noc(C)c1-c1ccc([N+](=O)[O-])cc1CN(C)C(=O)OC(C)(C)C. The number of aromatic nitrogens is 1. The van der Waals surface area contributed by atoms with E-state index in [9.17, 15) is 14.9 Å². The van der Waals surface area contributed by atoms with Gasteiger partial charge in [-0.15, -0.1) is 0 Å². The normalized spacial score (nSPS) is 11.3. The van der Waals surface area contributed by atoms with Gasteiger partial charge in [0.15, 0.2) is 0 Å². The summed E-state index contributed by atoms with van der Waals surface area (Å²) in [6, 6.07) is 4.54. The zero-order valence-electron chi connectivity index (χ0n) is 15.8. The number of hydrogen-bond acceptors (Lipinski definition) is 6. The maximum atomic E-state index is 12.3. The minimum absolute atomic E-state index is 0.0481. The highest BCUT2D eigenvalue weighted by Gasteiger charge is 2.23. The molecule has 1 heterocycles. The number of amides is 1. The molecule has 0 fully saturated rings. The summed E-state index contributed by atoms with van der Waals surface area (Å²) in [5, 5.41) is 15.1. The first-order chi connectivity index (χ1) is 12.0. The molecule has 0 atom stereocenters. The summed E-state index contributed by atoms with van der Waals surface area (Å²) in [7, 11) is 1.59. The van der Waals surface area contributed by atoms with Gasteiger partial charge in [-0.3, -0.25) is 10.1 Å². The van der Waals surface area contributed by atoms with Crippen LogP contribution in [0, 0.1) is 24.0 Å². The fourth-order valence-electron chi connectivity index (χ4n) is 2.60. The highest BCUT2D eigenvalue weighted by atomic mass is 16.6. The minimum atomic E-state index is -0.626. The van der Waals surface area contributed by atoms with Crippen molar-refractivity contribution in [3.05, 3.63) is 45.3 Å². The molecule has 1 amide bonds. The van der Waals surface area contributed by atoms with E-state index in [1.165, 1.54) is 17.0 Å². The average Bonchev–Trinajstić information content (AvgIpc) is 2.84. The van der Waals surface area contributed by atoms with E-state index < -0.39 is 16.6 Å². The molecule has 0 bridgehead atoms. The van der Waals surface area contributed by atoms with Crippen molar-refractivity contribution < 1.29 is 19.0 Å². The van der Waals surface area contributed by atoms with Crippen LogP contribution in [0.25, 0.3) is 11.1 Å². The van der Waals surface area contributed by atoms with Crippen LogP contribution in [0.15, 0.2) is 22.7 Å². The van der Waals surface area contributed by atoms with Crippen LogP contribution in [0.1, 0.15) is 37.8 Å². The van der Waals surface area contributed by atoms with Crippen molar-refractivity contribution in [1.29, 1.82) is 0 Å². The van der Waals surface area contributed by atoms with Crippen molar-refractivity contribution in [3.63, 3.8) is 0 Å². The Morgan fingerprint density at radius 2 is 2.00 bits per heavy atom. The van der Waals surface area contributed by atoms with E-state index in [0.29, 0.717) is 17.0 Å². The number of nitrogens with zero attached hydrogens (tertiary/aromatic N) is 3. The Morgan fingerprint density at radius 3 is 2.50 bits per heavy atom. The average molecular weight is 361 g/mol. The molecule has 0 saturated carbocycles. The lowest BCUT2D eigenvalue weighted by Gasteiger charge is -2.25. The van der Waals surface area contributed by atoms with Crippen molar-refractivity contribution in [1.82, 2.24) is 10.1 Å². The van der Waals surface area contributed by atoms with Gasteiger partial charge in [0, 0.05) is 31.3 Å². The van der Waals surface area contributed by atoms with E-state index in [1.807, 2.05) is 0 Å². The molecule has 8 nitrogen and oxygen atoms in total. The molecule has 0 aliphatic heterocycles. The zero-order chi connectivity index (χ0) is 19.6. The number of carbonyl (C=O) groups is 1. The van der Waals surface area contributed by atoms with E-state index in [1.54, 1.807) is 47.7 Å². The van der Waals surface area contributed by atoms with Gasteiger partial charge in [-0.25, -0.2) is 4.79 Å². The highest BCUT2D eigenvalue weighted by molar-refractivity contribution is 5.74. The van der Waals surface area contributed by atoms with Crippen LogP contribution in [0.4, 0.5) is 10.5 Å². The Kier molecular flexibility index (Phi) is 5.34. The smallest absolute Gasteiger partial charge is 0.410 e. The molecule has 0 unspecified atom stereocenters. The summed E-state index contributed by atoms with van der Waals surface area (Å²) in [4.78, 5) is 24.3. The number of ether oxygens (including phenoxy) is 1. The van der Waals surface area contributed by atoms with E-state index in [2.05, 4.69) is 5.16 Å². The fourth-order valence-corrected chi connectivity index (χ4v) is 2.60. The fraction of sp³-hybridized carbons (Fsp3) is 0.444. The molecule has 140 valence electrons. The summed E-state index contributed by atoms with van der Waals surface area (Å²) in [6.07, 6.45) is -0.506. The predicted molar refractivity (Wildman–Crippen MR) is 95.8 cm³/mol. The standard InChI is InChI=1S/C18H23N3O5/c1-11-16(12(2)26-19-11)15-8-7-14(21(23)24)9-13(15)10-20(6)17(22)25-18(3,4)5/h7-9H,10H2,1-6H3. The minimum Gasteiger partial charge on any atom is -0.444 e. The van der Waals surface area contributed by atoms with Gasteiger partial charge in [0.1, 0.15) is 11.4 Å². The first-order valence-electron chi connectivity index (χ1n) is 8.14. The summed E-state index contributed by atoms with van der Waals surface area (Å²) in [5.74, 6) is 0.609. The molecule has 0 saturated heterocycles. The van der Waals surface area contributed by atoms with Gasteiger partial charge in [0.25, 0.3) is 5.69 Å². The monoisotopic (exact) mass is 361 g/mol. The number of non-ortho nitro benzene ring substituents is 1. The van der Waals surface area contributed by atoms with Crippen LogP contribution in [-0.4, -0.2) is 33.7 Å². The third kappa shape index (κ3) is 4.38. The summed E-state index contributed by atoms with van der Waals surface area (Å²) in [5.41, 5.74) is 2.13. The second-order valence-electron chi connectivity index (χ2n) is 7.13. The Morgan fingerprint density at radius 1 is 1.35 bits per heavy atom. The molecule has 0 N–H and O–H groups in total. The number of nitro benzene ring substituents is 1. The predicted octanol–water partition coefficient (Wildman–Crippen LogP) is 4.23. The summed E-state index contributed by atoms with van der Waals surface area (Å²) in [6.45, 7) is 9.06. The maximum Gasteiger partial charge on any atom is 0.410 e. The zero-order valence-corrected chi connectivity index (χ0v) is 15.8. The van der Waals surface area contributed by atoms with Gasteiger partial charge >= 0.3 is 6.09 Å². The van der Waals surface area contributed by atoms with Gasteiger partial charge in [0.2, 0.25) is 0 Å². The largest absolute Gasteiger partial charge is 0.444 e. The van der Waals surface area contributed by atoms with Crippen LogP contribution in [0.3, 0.4) is 0 Å². The van der Waals surface area contributed by atoms with E-state index >= 15 is 0 Å². The first kappa shape index (κ1) is 19.4. The van der Waals surface area contributed by atoms with Crippen molar-refractivity contribution in [2.45, 2.75) is 46.8 Å². The van der Waals surface area contributed by atoms with Gasteiger partial charge in [0.05, 0.1) is 10.6 Å². The molecule has 0 aliphatic rings. The molecular formula is C18H23N3O5. The number of carbonyl (C=O) groups excluding carboxylic acids is 1. The molecule has 1 aromatic carbocycles. The van der Waals surface area contributed by atoms with Crippen LogP contribution < -0.4 is 0 Å². The molecule has 2 aromatic rings. The number of hydrogen-bond donors (Lipinski definition) is 0. The molecule has 26 heavy (non-hydrogen) atoms. The molecule has 0 aliphatic carbocycles. The Balaban J connectivity index is 2.43. The van der Waals surface area contributed by atoms with E-state index in [4.69, 9.17) is 9.26 Å². The number of benzene rings is 1. The van der Waals surface area contributed by atoms with Crippen molar-refractivity contribution in [3.8, 4) is 11.1 Å². The van der Waals surface area contributed by atoms with Crippen molar-refractivity contribution in [2.24, 2.45) is 0 Å². The van der Waals surface area contributed by atoms with E-state index in [0.717, 1.165) is 11.1 Å².